The molecule has 0 spiro atoms. The summed E-state index contributed by atoms with van der Waals surface area (Å²) in [5.41, 5.74) is 0. The smallest absolute Gasteiger partial charge is 0.306 e. The zero-order valence-electron chi connectivity index (χ0n) is 30.3. The lowest BCUT2D eigenvalue weighted by Gasteiger charge is -2.15. The lowest BCUT2D eigenvalue weighted by Crippen LogP contribution is -2.28. The molecular weight excluding hydrogens is 572 g/mol. The molecule has 0 heterocycles. The van der Waals surface area contributed by atoms with Crippen LogP contribution < -0.4 is 0 Å². The SMILES string of the molecule is CCCCC/C=C\C/C=C\CCCCCCCCCC(=O)O[C@@H](CO)COC(=O)CCCCCCC/C=C\CCCCCCCC. The summed E-state index contributed by atoms with van der Waals surface area (Å²) < 4.78 is 10.6. The first-order chi connectivity index (χ1) is 22.6. The van der Waals surface area contributed by atoms with E-state index in [9.17, 15) is 14.7 Å². The van der Waals surface area contributed by atoms with Crippen LogP contribution in [0.25, 0.3) is 0 Å². The number of aliphatic hydroxyl groups is 1. The Balaban J connectivity index is 3.58. The molecule has 0 aliphatic rings. The number of carbonyl (C=O) groups is 2. The fourth-order valence-electron chi connectivity index (χ4n) is 5.40. The molecule has 0 aromatic rings. The van der Waals surface area contributed by atoms with E-state index in [0.717, 1.165) is 57.8 Å². The van der Waals surface area contributed by atoms with Crippen molar-refractivity contribution in [3.8, 4) is 0 Å². The van der Waals surface area contributed by atoms with Crippen molar-refractivity contribution in [3.63, 3.8) is 0 Å². The number of aliphatic hydroxyl groups excluding tert-OH is 1. The van der Waals surface area contributed by atoms with Gasteiger partial charge < -0.3 is 14.6 Å². The molecule has 0 aromatic heterocycles. The van der Waals surface area contributed by atoms with E-state index < -0.39 is 6.10 Å². The van der Waals surface area contributed by atoms with Gasteiger partial charge in [-0.1, -0.05) is 147 Å². The third-order valence-electron chi connectivity index (χ3n) is 8.41. The fourth-order valence-corrected chi connectivity index (χ4v) is 5.40. The van der Waals surface area contributed by atoms with Gasteiger partial charge in [-0.2, -0.15) is 0 Å². The van der Waals surface area contributed by atoms with Crippen LogP contribution in [0.5, 0.6) is 0 Å². The van der Waals surface area contributed by atoms with Crippen molar-refractivity contribution in [1.82, 2.24) is 0 Å². The van der Waals surface area contributed by atoms with Crippen molar-refractivity contribution < 1.29 is 24.2 Å². The highest BCUT2D eigenvalue weighted by Crippen LogP contribution is 2.13. The molecular formula is C41H74O5. The summed E-state index contributed by atoms with van der Waals surface area (Å²) in [5.74, 6) is -0.608. The van der Waals surface area contributed by atoms with Gasteiger partial charge in [-0.05, 0) is 70.6 Å². The number of hydrogen-bond acceptors (Lipinski definition) is 5. The molecule has 0 bridgehead atoms. The number of carbonyl (C=O) groups excluding carboxylic acids is 2. The Morgan fingerprint density at radius 3 is 1.35 bits per heavy atom. The topological polar surface area (TPSA) is 72.8 Å². The first kappa shape index (κ1) is 44.1. The van der Waals surface area contributed by atoms with Gasteiger partial charge in [-0.3, -0.25) is 9.59 Å². The molecule has 46 heavy (non-hydrogen) atoms. The van der Waals surface area contributed by atoms with Crippen molar-refractivity contribution in [3.05, 3.63) is 36.5 Å². The van der Waals surface area contributed by atoms with E-state index >= 15 is 0 Å². The lowest BCUT2D eigenvalue weighted by atomic mass is 10.1. The Bertz CT molecular complexity index is 741. The normalized spacial score (nSPS) is 12.5. The first-order valence-corrected chi connectivity index (χ1v) is 19.5. The van der Waals surface area contributed by atoms with Crippen LogP contribution in [-0.2, 0) is 19.1 Å². The average Bonchev–Trinajstić information content (AvgIpc) is 3.06. The van der Waals surface area contributed by atoms with Gasteiger partial charge in [0, 0.05) is 12.8 Å². The van der Waals surface area contributed by atoms with E-state index in [2.05, 4.69) is 50.3 Å². The number of unbranched alkanes of at least 4 members (excludes halogenated alkanes) is 21. The van der Waals surface area contributed by atoms with Crippen LogP contribution in [0.1, 0.15) is 194 Å². The van der Waals surface area contributed by atoms with Crippen LogP contribution in [0.3, 0.4) is 0 Å². The summed E-state index contributed by atoms with van der Waals surface area (Å²) in [4.78, 5) is 24.2. The number of ether oxygens (including phenoxy) is 2. The summed E-state index contributed by atoms with van der Waals surface area (Å²) in [6, 6.07) is 0. The molecule has 5 heteroatoms. The molecule has 0 aliphatic heterocycles. The second-order valence-electron chi connectivity index (χ2n) is 13.0. The molecule has 268 valence electrons. The summed E-state index contributed by atoms with van der Waals surface area (Å²) in [7, 11) is 0. The molecule has 0 rings (SSSR count). The Morgan fingerprint density at radius 2 is 0.870 bits per heavy atom. The van der Waals surface area contributed by atoms with E-state index in [0.29, 0.717) is 12.8 Å². The molecule has 1 atom stereocenters. The van der Waals surface area contributed by atoms with Crippen LogP contribution in [0, 0.1) is 0 Å². The van der Waals surface area contributed by atoms with E-state index in [-0.39, 0.29) is 25.2 Å². The third kappa shape index (κ3) is 35.0. The summed E-state index contributed by atoms with van der Waals surface area (Å²) in [6.07, 6.45) is 44.8. The van der Waals surface area contributed by atoms with Crippen molar-refractivity contribution in [2.45, 2.75) is 200 Å². The van der Waals surface area contributed by atoms with Gasteiger partial charge in [-0.15, -0.1) is 0 Å². The molecule has 0 aliphatic carbocycles. The highest BCUT2D eigenvalue weighted by atomic mass is 16.6. The quantitative estimate of drug-likeness (QED) is 0.0421. The van der Waals surface area contributed by atoms with Gasteiger partial charge in [0.05, 0.1) is 6.61 Å². The van der Waals surface area contributed by atoms with E-state index in [1.54, 1.807) is 0 Å². The Labute approximate surface area is 285 Å². The van der Waals surface area contributed by atoms with Crippen molar-refractivity contribution in [2.24, 2.45) is 0 Å². The van der Waals surface area contributed by atoms with Gasteiger partial charge in [0.1, 0.15) is 6.61 Å². The minimum atomic E-state index is -0.776. The number of rotatable bonds is 35. The van der Waals surface area contributed by atoms with Gasteiger partial charge in [0.25, 0.3) is 0 Å². The van der Waals surface area contributed by atoms with E-state index in [1.807, 2.05) is 0 Å². The largest absolute Gasteiger partial charge is 0.462 e. The minimum absolute atomic E-state index is 0.0723. The maximum Gasteiger partial charge on any atom is 0.306 e. The van der Waals surface area contributed by atoms with Gasteiger partial charge in [0.15, 0.2) is 6.10 Å². The van der Waals surface area contributed by atoms with Gasteiger partial charge >= 0.3 is 11.9 Å². The fraction of sp³-hybridized carbons (Fsp3) is 0.805. The van der Waals surface area contributed by atoms with E-state index in [4.69, 9.17) is 9.47 Å². The van der Waals surface area contributed by atoms with Gasteiger partial charge in [-0.25, -0.2) is 0 Å². The Kier molecular flexibility index (Phi) is 36.0. The average molecular weight is 647 g/mol. The second-order valence-corrected chi connectivity index (χ2v) is 13.0. The van der Waals surface area contributed by atoms with E-state index in [1.165, 1.54) is 109 Å². The first-order valence-electron chi connectivity index (χ1n) is 19.5. The van der Waals surface area contributed by atoms with Gasteiger partial charge in [0.2, 0.25) is 0 Å². The monoisotopic (exact) mass is 647 g/mol. The molecule has 1 N–H and O–H groups in total. The van der Waals surface area contributed by atoms with Crippen molar-refractivity contribution >= 4 is 11.9 Å². The zero-order chi connectivity index (χ0) is 33.6. The van der Waals surface area contributed by atoms with Crippen molar-refractivity contribution in [2.75, 3.05) is 13.2 Å². The van der Waals surface area contributed by atoms with Crippen LogP contribution in [-0.4, -0.2) is 36.4 Å². The van der Waals surface area contributed by atoms with Crippen LogP contribution in [0.15, 0.2) is 36.5 Å². The second kappa shape index (κ2) is 37.6. The molecule has 0 saturated carbocycles. The van der Waals surface area contributed by atoms with Crippen LogP contribution >= 0.6 is 0 Å². The summed E-state index contributed by atoms with van der Waals surface area (Å²) in [5, 5.41) is 9.54. The minimum Gasteiger partial charge on any atom is -0.462 e. The number of esters is 2. The predicted molar refractivity (Wildman–Crippen MR) is 196 cm³/mol. The maximum absolute atomic E-state index is 12.2. The molecule has 0 radical (unpaired) electrons. The number of hydrogen-bond donors (Lipinski definition) is 1. The standard InChI is InChI=1S/C41H74O5/c1-3-5-7-9-11-13-15-17-19-20-22-24-26-28-30-32-34-36-41(44)46-39(37-42)38-45-40(43)35-33-31-29-27-25-23-21-18-16-14-12-10-8-6-4-2/h11,13,17-19,21,39,42H,3-10,12,14-16,20,22-38H2,1-2H3/b13-11-,19-17-,21-18-/t39-/m0/s1. The summed E-state index contributed by atoms with van der Waals surface area (Å²) >= 11 is 0. The predicted octanol–water partition coefficient (Wildman–Crippen LogP) is 12.1. The lowest BCUT2D eigenvalue weighted by molar-refractivity contribution is -0.161. The highest BCUT2D eigenvalue weighted by molar-refractivity contribution is 5.70. The molecule has 0 fully saturated rings. The molecule has 0 saturated heterocycles. The van der Waals surface area contributed by atoms with Crippen LogP contribution in [0.2, 0.25) is 0 Å². The Hall–Kier alpha value is -1.88. The van der Waals surface area contributed by atoms with Crippen molar-refractivity contribution in [1.29, 1.82) is 0 Å². The molecule has 0 amide bonds. The third-order valence-corrected chi connectivity index (χ3v) is 8.41. The molecule has 0 unspecified atom stereocenters. The maximum atomic E-state index is 12.2. The zero-order valence-corrected chi connectivity index (χ0v) is 30.3. The van der Waals surface area contributed by atoms with Crippen LogP contribution in [0.4, 0.5) is 0 Å². The Morgan fingerprint density at radius 1 is 0.500 bits per heavy atom. The molecule has 0 aromatic carbocycles. The highest BCUT2D eigenvalue weighted by Gasteiger charge is 2.16. The molecule has 5 nitrogen and oxygen atoms in total. The number of allylic oxidation sites excluding steroid dienone is 6. The summed E-state index contributed by atoms with van der Waals surface area (Å²) in [6.45, 7) is 4.09.